The lowest BCUT2D eigenvalue weighted by Crippen LogP contribution is -2.07. The van der Waals surface area contributed by atoms with E-state index in [0.29, 0.717) is 4.47 Å². The molecule has 4 nitrogen and oxygen atoms in total. The number of halogens is 1. The van der Waals surface area contributed by atoms with Crippen LogP contribution in [-0.4, -0.2) is 29.3 Å². The zero-order chi connectivity index (χ0) is 11.9. The largest absolute Gasteiger partial charge is 0.224 e. The van der Waals surface area contributed by atoms with Crippen molar-refractivity contribution in [2.24, 2.45) is 0 Å². The van der Waals surface area contributed by atoms with Crippen molar-refractivity contribution in [3.63, 3.8) is 0 Å². The molecule has 0 aliphatic heterocycles. The van der Waals surface area contributed by atoms with Gasteiger partial charge in [-0.2, -0.15) is 0 Å². The molecule has 0 bridgehead atoms. The number of hydrogen-bond acceptors (Lipinski definition) is 4. The van der Waals surface area contributed by atoms with Crippen LogP contribution in [0.4, 0.5) is 0 Å². The summed E-state index contributed by atoms with van der Waals surface area (Å²) in [7, 11) is -7.08. The molecule has 0 aliphatic rings. The van der Waals surface area contributed by atoms with Gasteiger partial charge in [-0.15, -0.1) is 0 Å². The molecule has 0 aromatic heterocycles. The number of hydrogen-bond donors (Lipinski definition) is 0. The molecular formula is C8H9BrO4S2. The molecule has 0 unspecified atom stereocenters. The maximum Gasteiger partial charge on any atom is 0.176 e. The first-order valence-corrected chi connectivity index (χ1v) is 8.39. The summed E-state index contributed by atoms with van der Waals surface area (Å²) in [5.41, 5.74) is 0. The second-order valence-corrected chi connectivity index (χ2v) is 8.02. The van der Waals surface area contributed by atoms with Crippen LogP contribution in [0.3, 0.4) is 0 Å². The third-order valence-corrected chi connectivity index (χ3v) is 4.62. The van der Waals surface area contributed by atoms with Gasteiger partial charge in [-0.3, -0.25) is 0 Å². The summed E-state index contributed by atoms with van der Waals surface area (Å²) in [6.07, 6.45) is 1.95. The van der Waals surface area contributed by atoms with Crippen molar-refractivity contribution in [2.45, 2.75) is 9.79 Å². The van der Waals surface area contributed by atoms with Crippen molar-refractivity contribution in [1.82, 2.24) is 0 Å². The molecule has 84 valence electrons. The normalized spacial score (nSPS) is 12.7. The molecule has 15 heavy (non-hydrogen) atoms. The first kappa shape index (κ1) is 12.7. The molecule has 0 aliphatic carbocycles. The lowest BCUT2D eigenvalue weighted by Gasteiger charge is -2.06. The fraction of sp³-hybridized carbons (Fsp3) is 0.250. The minimum absolute atomic E-state index is 0.173. The first-order valence-electron chi connectivity index (χ1n) is 3.82. The molecule has 0 N–H and O–H groups in total. The summed E-state index contributed by atoms with van der Waals surface area (Å²) in [4.78, 5) is -0.354. The number of benzene rings is 1. The van der Waals surface area contributed by atoms with Gasteiger partial charge < -0.3 is 0 Å². The highest BCUT2D eigenvalue weighted by Gasteiger charge is 2.20. The van der Waals surface area contributed by atoms with Gasteiger partial charge in [-0.25, -0.2) is 16.8 Å². The third kappa shape index (κ3) is 3.02. The van der Waals surface area contributed by atoms with E-state index in [9.17, 15) is 16.8 Å². The van der Waals surface area contributed by atoms with Gasteiger partial charge in [0.2, 0.25) is 0 Å². The van der Waals surface area contributed by atoms with Crippen molar-refractivity contribution >= 4 is 35.6 Å². The van der Waals surface area contributed by atoms with Gasteiger partial charge in [-0.1, -0.05) is 15.9 Å². The van der Waals surface area contributed by atoms with E-state index in [1.54, 1.807) is 0 Å². The number of rotatable bonds is 2. The lowest BCUT2D eigenvalue weighted by atomic mass is 10.4. The quantitative estimate of drug-likeness (QED) is 0.824. The van der Waals surface area contributed by atoms with E-state index >= 15 is 0 Å². The summed E-state index contributed by atoms with van der Waals surface area (Å²) in [6, 6.07) is 4.05. The van der Waals surface area contributed by atoms with Gasteiger partial charge >= 0.3 is 0 Å². The zero-order valence-corrected chi connectivity index (χ0v) is 11.3. The van der Waals surface area contributed by atoms with E-state index in [1.807, 2.05) is 0 Å². The van der Waals surface area contributed by atoms with Gasteiger partial charge in [0.25, 0.3) is 0 Å². The summed E-state index contributed by atoms with van der Waals surface area (Å²) >= 11 is 3.10. The highest BCUT2D eigenvalue weighted by Crippen LogP contribution is 2.24. The van der Waals surface area contributed by atoms with E-state index in [2.05, 4.69) is 15.9 Å². The summed E-state index contributed by atoms with van der Waals surface area (Å²) in [6.45, 7) is 0. The summed E-state index contributed by atoms with van der Waals surface area (Å²) < 4.78 is 45.9. The fourth-order valence-electron chi connectivity index (χ4n) is 1.08. The van der Waals surface area contributed by atoms with Gasteiger partial charge in [0.05, 0.1) is 9.79 Å². The van der Waals surface area contributed by atoms with Crippen LogP contribution in [0.2, 0.25) is 0 Å². The average molecular weight is 313 g/mol. The van der Waals surface area contributed by atoms with Crippen LogP contribution >= 0.6 is 15.9 Å². The van der Waals surface area contributed by atoms with Gasteiger partial charge in [-0.05, 0) is 18.2 Å². The molecule has 7 heteroatoms. The predicted octanol–water partition coefficient (Wildman–Crippen LogP) is 1.26. The Morgan fingerprint density at radius 1 is 0.933 bits per heavy atom. The average Bonchev–Trinajstić information content (AvgIpc) is 2.00. The van der Waals surface area contributed by atoms with Crippen molar-refractivity contribution in [1.29, 1.82) is 0 Å². The Hall–Kier alpha value is -0.400. The van der Waals surface area contributed by atoms with Crippen molar-refractivity contribution < 1.29 is 16.8 Å². The van der Waals surface area contributed by atoms with Crippen LogP contribution in [0, 0.1) is 0 Å². The van der Waals surface area contributed by atoms with E-state index in [0.717, 1.165) is 12.5 Å². The van der Waals surface area contributed by atoms with Crippen LogP contribution in [0.25, 0.3) is 0 Å². The van der Waals surface area contributed by atoms with E-state index in [1.165, 1.54) is 18.2 Å². The second kappa shape index (κ2) is 3.88. The third-order valence-electron chi connectivity index (χ3n) is 1.70. The Labute approximate surface area is 97.3 Å². The molecule has 1 aromatic carbocycles. The van der Waals surface area contributed by atoms with Crippen LogP contribution < -0.4 is 0 Å². The van der Waals surface area contributed by atoms with E-state index in [4.69, 9.17) is 0 Å². The molecule has 0 fully saturated rings. The van der Waals surface area contributed by atoms with Gasteiger partial charge in [0.15, 0.2) is 19.7 Å². The van der Waals surface area contributed by atoms with Crippen LogP contribution in [0.5, 0.6) is 0 Å². The van der Waals surface area contributed by atoms with Crippen molar-refractivity contribution in [2.75, 3.05) is 12.5 Å². The molecule has 0 saturated carbocycles. The topological polar surface area (TPSA) is 68.3 Å². The van der Waals surface area contributed by atoms with Crippen LogP contribution in [0.1, 0.15) is 0 Å². The van der Waals surface area contributed by atoms with Crippen LogP contribution in [0.15, 0.2) is 32.5 Å². The van der Waals surface area contributed by atoms with Crippen LogP contribution in [-0.2, 0) is 19.7 Å². The standard InChI is InChI=1S/C8H9BrO4S2/c1-14(10,11)7-4-3-6(9)5-8(7)15(2,12)13/h3-5H,1-2H3. The van der Waals surface area contributed by atoms with Crippen molar-refractivity contribution in [3.8, 4) is 0 Å². The highest BCUT2D eigenvalue weighted by atomic mass is 79.9. The molecule has 0 saturated heterocycles. The van der Waals surface area contributed by atoms with E-state index in [-0.39, 0.29) is 9.79 Å². The van der Waals surface area contributed by atoms with E-state index < -0.39 is 19.7 Å². The molecule has 0 radical (unpaired) electrons. The van der Waals surface area contributed by atoms with Gasteiger partial charge in [0.1, 0.15) is 0 Å². The molecule has 0 heterocycles. The predicted molar refractivity (Wildman–Crippen MR) is 60.4 cm³/mol. The molecule has 1 aromatic rings. The second-order valence-electron chi connectivity index (χ2n) is 3.14. The monoisotopic (exact) mass is 312 g/mol. The SMILES string of the molecule is CS(=O)(=O)c1ccc(Br)cc1S(C)(=O)=O. The molecular weight excluding hydrogens is 304 g/mol. The Bertz CT molecular complexity index is 587. The minimum atomic E-state index is -3.55. The zero-order valence-electron chi connectivity index (χ0n) is 8.06. The maximum absolute atomic E-state index is 11.4. The smallest absolute Gasteiger partial charge is 0.176 e. The minimum Gasteiger partial charge on any atom is -0.224 e. The highest BCUT2D eigenvalue weighted by molar-refractivity contribution is 9.10. The van der Waals surface area contributed by atoms with Gasteiger partial charge in [0, 0.05) is 17.0 Å². The maximum atomic E-state index is 11.4. The Morgan fingerprint density at radius 2 is 1.40 bits per heavy atom. The van der Waals surface area contributed by atoms with Crippen molar-refractivity contribution in [3.05, 3.63) is 22.7 Å². The Balaban J connectivity index is 3.71. The molecule has 0 amide bonds. The fourth-order valence-corrected chi connectivity index (χ4v) is 4.01. The Morgan fingerprint density at radius 3 is 1.80 bits per heavy atom. The molecule has 1 rings (SSSR count). The molecule has 0 spiro atoms. The summed E-state index contributed by atoms with van der Waals surface area (Å²) in [5, 5.41) is 0. The number of sulfone groups is 2. The molecule has 0 atom stereocenters. The summed E-state index contributed by atoms with van der Waals surface area (Å²) in [5.74, 6) is 0. The first-order chi connectivity index (χ1) is 6.62. The Kier molecular flexibility index (Phi) is 3.27. The lowest BCUT2D eigenvalue weighted by molar-refractivity contribution is 0.588.